The zero-order valence-electron chi connectivity index (χ0n) is 17.4. The number of aryl methyl sites for hydroxylation is 1. The average Bonchev–Trinajstić information content (AvgIpc) is 2.79. The number of piperidine rings is 1. The molecule has 0 bridgehead atoms. The summed E-state index contributed by atoms with van der Waals surface area (Å²) in [6.07, 6.45) is 3.16. The van der Waals surface area contributed by atoms with Crippen LogP contribution in [0.15, 0.2) is 48.5 Å². The topological polar surface area (TPSA) is 61.4 Å². The van der Waals surface area contributed by atoms with Crippen LogP contribution in [0.25, 0.3) is 0 Å². The summed E-state index contributed by atoms with van der Waals surface area (Å²) in [6.45, 7) is 4.14. The average molecular weight is 428 g/mol. The van der Waals surface area contributed by atoms with E-state index in [9.17, 15) is 9.59 Å². The van der Waals surface area contributed by atoms with E-state index in [1.54, 1.807) is 0 Å². The Morgan fingerprint density at radius 2 is 1.70 bits per heavy atom. The van der Waals surface area contributed by atoms with Crippen molar-refractivity contribution in [3.8, 4) is 0 Å². The first-order chi connectivity index (χ1) is 14.1. The lowest BCUT2D eigenvalue weighted by atomic mass is 9.92. The summed E-state index contributed by atoms with van der Waals surface area (Å²) < 4.78 is 0. The molecule has 0 radical (unpaired) electrons. The van der Waals surface area contributed by atoms with E-state index in [0.717, 1.165) is 25.1 Å². The van der Waals surface area contributed by atoms with Crippen molar-refractivity contribution in [1.82, 2.24) is 10.2 Å². The summed E-state index contributed by atoms with van der Waals surface area (Å²) in [5, 5.41) is 6.40. The second-order valence-electron chi connectivity index (χ2n) is 8.05. The van der Waals surface area contributed by atoms with Crippen LogP contribution in [0.5, 0.6) is 0 Å². The fourth-order valence-electron chi connectivity index (χ4n) is 4.28. The summed E-state index contributed by atoms with van der Waals surface area (Å²) in [5.41, 5.74) is 4.64. The van der Waals surface area contributed by atoms with Gasteiger partial charge in [-0.3, -0.25) is 9.59 Å². The predicted molar refractivity (Wildman–Crippen MR) is 122 cm³/mol. The Labute approximate surface area is 184 Å². The second-order valence-corrected chi connectivity index (χ2v) is 8.05. The summed E-state index contributed by atoms with van der Waals surface area (Å²) in [7, 11) is 0. The molecule has 2 aromatic rings. The normalized spacial score (nSPS) is 18.8. The lowest BCUT2D eigenvalue weighted by Crippen LogP contribution is -2.52. The van der Waals surface area contributed by atoms with Crippen LogP contribution in [0.3, 0.4) is 0 Å². The minimum absolute atomic E-state index is 0. The number of carbonyl (C=O) groups is 2. The molecule has 2 amide bonds. The number of halogens is 1. The first-order valence-corrected chi connectivity index (χ1v) is 10.6. The number of rotatable bonds is 4. The van der Waals surface area contributed by atoms with Gasteiger partial charge in [-0.15, -0.1) is 12.4 Å². The third kappa shape index (κ3) is 5.02. The number of fused-ring (bicyclic) bond motifs is 1. The standard InChI is InChI=1S/C24H29N3O2.ClH/c1-2-17-7-9-21(10-8-17)26-23(28)18-11-13-27(14-12-18)24(29)22-15-19-5-3-4-6-20(19)16-25-22;/h3-10,18,22,25H,2,11-16H2,1H3,(H,26,28);1H. The third-order valence-corrected chi connectivity index (χ3v) is 6.19. The molecule has 6 heteroatoms. The van der Waals surface area contributed by atoms with E-state index in [1.165, 1.54) is 16.7 Å². The number of amides is 2. The Bertz CT molecular complexity index is 876. The van der Waals surface area contributed by atoms with Gasteiger partial charge >= 0.3 is 0 Å². The van der Waals surface area contributed by atoms with E-state index in [-0.39, 0.29) is 36.2 Å². The molecule has 0 spiro atoms. The Balaban J connectivity index is 0.00000256. The Morgan fingerprint density at radius 1 is 1.03 bits per heavy atom. The van der Waals surface area contributed by atoms with Crippen LogP contribution >= 0.6 is 12.4 Å². The maximum absolute atomic E-state index is 13.0. The molecule has 4 rings (SSSR count). The number of nitrogens with zero attached hydrogens (tertiary/aromatic N) is 1. The molecule has 2 N–H and O–H groups in total. The number of hydrogen-bond acceptors (Lipinski definition) is 3. The molecule has 0 aliphatic carbocycles. The molecule has 2 heterocycles. The third-order valence-electron chi connectivity index (χ3n) is 6.19. The molecule has 5 nitrogen and oxygen atoms in total. The van der Waals surface area contributed by atoms with Gasteiger partial charge in [-0.25, -0.2) is 0 Å². The van der Waals surface area contributed by atoms with Gasteiger partial charge < -0.3 is 15.5 Å². The molecule has 2 aliphatic rings. The highest BCUT2D eigenvalue weighted by Gasteiger charge is 2.32. The highest BCUT2D eigenvalue weighted by atomic mass is 35.5. The quantitative estimate of drug-likeness (QED) is 0.784. The molecule has 30 heavy (non-hydrogen) atoms. The van der Waals surface area contributed by atoms with Gasteiger partial charge in [-0.05, 0) is 54.5 Å². The van der Waals surface area contributed by atoms with E-state index in [4.69, 9.17) is 0 Å². The molecule has 1 fully saturated rings. The monoisotopic (exact) mass is 427 g/mol. The van der Waals surface area contributed by atoms with E-state index >= 15 is 0 Å². The van der Waals surface area contributed by atoms with Crippen molar-refractivity contribution in [3.05, 3.63) is 65.2 Å². The van der Waals surface area contributed by atoms with Crippen LogP contribution in [-0.2, 0) is 29.0 Å². The first kappa shape index (κ1) is 22.3. The number of likely N-dealkylation sites (tertiary alicyclic amines) is 1. The highest BCUT2D eigenvalue weighted by Crippen LogP contribution is 2.23. The number of anilines is 1. The molecule has 2 aromatic carbocycles. The maximum Gasteiger partial charge on any atom is 0.240 e. The molecule has 1 saturated heterocycles. The Kier molecular flexibility index (Phi) is 7.51. The molecule has 1 atom stereocenters. The molecular formula is C24H30ClN3O2. The predicted octanol–water partition coefficient (Wildman–Crippen LogP) is 3.56. The summed E-state index contributed by atoms with van der Waals surface area (Å²) in [4.78, 5) is 27.5. The van der Waals surface area contributed by atoms with Crippen LogP contribution in [0.2, 0.25) is 0 Å². The van der Waals surface area contributed by atoms with Crippen molar-refractivity contribution < 1.29 is 9.59 Å². The minimum atomic E-state index is -0.160. The molecule has 160 valence electrons. The fraction of sp³-hybridized carbons (Fsp3) is 0.417. The largest absolute Gasteiger partial charge is 0.341 e. The maximum atomic E-state index is 13.0. The van der Waals surface area contributed by atoms with Gasteiger partial charge in [0.25, 0.3) is 0 Å². The Hall–Kier alpha value is -2.37. The summed E-state index contributed by atoms with van der Waals surface area (Å²) in [6, 6.07) is 16.2. The molecule has 2 aliphatic heterocycles. The van der Waals surface area contributed by atoms with Gasteiger partial charge in [0.05, 0.1) is 6.04 Å². The van der Waals surface area contributed by atoms with Crippen LogP contribution in [0, 0.1) is 5.92 Å². The second kappa shape index (κ2) is 10.1. The van der Waals surface area contributed by atoms with Gasteiger partial charge in [0, 0.05) is 31.2 Å². The fourth-order valence-corrected chi connectivity index (χ4v) is 4.28. The van der Waals surface area contributed by atoms with E-state index in [1.807, 2.05) is 41.3 Å². The lowest BCUT2D eigenvalue weighted by molar-refractivity contribution is -0.136. The van der Waals surface area contributed by atoms with Gasteiger partial charge in [0.2, 0.25) is 11.8 Å². The zero-order valence-corrected chi connectivity index (χ0v) is 18.2. The molecular weight excluding hydrogens is 398 g/mol. The van der Waals surface area contributed by atoms with Crippen molar-refractivity contribution in [1.29, 1.82) is 0 Å². The Morgan fingerprint density at radius 3 is 2.37 bits per heavy atom. The van der Waals surface area contributed by atoms with Crippen LogP contribution < -0.4 is 10.6 Å². The lowest BCUT2D eigenvalue weighted by Gasteiger charge is -2.35. The van der Waals surface area contributed by atoms with Crippen molar-refractivity contribution in [3.63, 3.8) is 0 Å². The highest BCUT2D eigenvalue weighted by molar-refractivity contribution is 5.93. The van der Waals surface area contributed by atoms with Crippen LogP contribution in [0.1, 0.15) is 36.5 Å². The van der Waals surface area contributed by atoms with Crippen LogP contribution in [-0.4, -0.2) is 35.8 Å². The number of hydrogen-bond donors (Lipinski definition) is 2. The first-order valence-electron chi connectivity index (χ1n) is 10.6. The van der Waals surface area contributed by atoms with E-state index in [2.05, 4.69) is 29.7 Å². The van der Waals surface area contributed by atoms with Gasteiger partial charge in [0.1, 0.15) is 0 Å². The minimum Gasteiger partial charge on any atom is -0.341 e. The SMILES string of the molecule is CCc1ccc(NC(=O)C2CCN(C(=O)C3Cc4ccccc4CN3)CC2)cc1.Cl. The summed E-state index contributed by atoms with van der Waals surface area (Å²) in [5.74, 6) is 0.185. The smallest absolute Gasteiger partial charge is 0.240 e. The molecule has 0 saturated carbocycles. The number of carbonyl (C=O) groups excluding carboxylic acids is 2. The van der Waals surface area contributed by atoms with E-state index in [0.29, 0.717) is 25.9 Å². The van der Waals surface area contributed by atoms with Gasteiger partial charge in [-0.1, -0.05) is 43.3 Å². The number of benzene rings is 2. The molecule has 0 aromatic heterocycles. The van der Waals surface area contributed by atoms with Crippen LogP contribution in [0.4, 0.5) is 5.69 Å². The summed E-state index contributed by atoms with van der Waals surface area (Å²) >= 11 is 0. The van der Waals surface area contributed by atoms with Crippen molar-refractivity contribution in [2.45, 2.75) is 45.2 Å². The van der Waals surface area contributed by atoms with Gasteiger partial charge in [-0.2, -0.15) is 0 Å². The molecule has 1 unspecified atom stereocenters. The van der Waals surface area contributed by atoms with Gasteiger partial charge in [0.15, 0.2) is 0 Å². The van der Waals surface area contributed by atoms with Crippen molar-refractivity contribution >= 4 is 29.9 Å². The van der Waals surface area contributed by atoms with E-state index < -0.39 is 0 Å². The zero-order chi connectivity index (χ0) is 20.2. The van der Waals surface area contributed by atoms with Crippen molar-refractivity contribution in [2.75, 3.05) is 18.4 Å². The number of nitrogens with one attached hydrogen (secondary N) is 2. The van der Waals surface area contributed by atoms with Crippen molar-refractivity contribution in [2.24, 2.45) is 5.92 Å².